The lowest BCUT2D eigenvalue weighted by molar-refractivity contribution is -0.124. The van der Waals surface area contributed by atoms with E-state index in [2.05, 4.69) is 50.5 Å². The molecule has 1 aromatic heterocycles. The minimum absolute atomic E-state index is 0.0424. The molecule has 0 spiro atoms. The zero-order valence-corrected chi connectivity index (χ0v) is 16.5. The lowest BCUT2D eigenvalue weighted by Gasteiger charge is -2.33. The monoisotopic (exact) mass is 414 g/mol. The number of aromatic nitrogens is 1. The number of nitrogens with one attached hydrogen (secondary N) is 1. The van der Waals surface area contributed by atoms with Gasteiger partial charge in [0, 0.05) is 22.0 Å². The number of nitrogens with zero attached hydrogens (tertiary/aromatic N) is 1. The van der Waals surface area contributed by atoms with Gasteiger partial charge in [-0.15, -0.1) is 11.3 Å². The van der Waals surface area contributed by atoms with E-state index in [-0.39, 0.29) is 11.8 Å². The zero-order chi connectivity index (χ0) is 17.9. The molecule has 2 aromatic carbocycles. The highest BCUT2D eigenvalue weighted by atomic mass is 79.9. The first kappa shape index (κ1) is 17.8. The van der Waals surface area contributed by atoms with Crippen LogP contribution in [0.4, 0.5) is 5.13 Å². The van der Waals surface area contributed by atoms with E-state index < -0.39 is 5.41 Å². The fourth-order valence-corrected chi connectivity index (χ4v) is 3.79. The number of hydrogen-bond donors (Lipinski definition) is 1. The molecular formula is C20H19BrN2OS. The predicted octanol–water partition coefficient (Wildman–Crippen LogP) is 5.70. The van der Waals surface area contributed by atoms with Gasteiger partial charge in [-0.3, -0.25) is 4.79 Å². The Bertz CT molecular complexity index is 830. The van der Waals surface area contributed by atoms with Gasteiger partial charge < -0.3 is 5.32 Å². The number of anilines is 1. The van der Waals surface area contributed by atoms with Crippen molar-refractivity contribution in [2.75, 3.05) is 5.32 Å². The van der Waals surface area contributed by atoms with E-state index in [1.807, 2.05) is 49.6 Å². The molecule has 1 unspecified atom stereocenters. The van der Waals surface area contributed by atoms with Gasteiger partial charge in [0.25, 0.3) is 0 Å². The molecule has 1 amide bonds. The first-order chi connectivity index (χ1) is 12.0. The van der Waals surface area contributed by atoms with E-state index in [4.69, 9.17) is 0 Å². The molecule has 0 aliphatic rings. The third-order valence-corrected chi connectivity index (χ3v) is 5.51. The Morgan fingerprint density at radius 1 is 1.08 bits per heavy atom. The molecule has 3 rings (SSSR count). The first-order valence-electron chi connectivity index (χ1n) is 8.00. The SMILES string of the molecule is CC(C)(C(=O)Nc1nccs1)C(c1ccccc1)c1ccc(Br)cc1. The lowest BCUT2D eigenvalue weighted by atomic mass is 9.70. The molecule has 1 atom stereocenters. The fraction of sp³-hybridized carbons (Fsp3) is 0.200. The highest BCUT2D eigenvalue weighted by Gasteiger charge is 2.39. The van der Waals surface area contributed by atoms with Crippen LogP contribution in [-0.2, 0) is 4.79 Å². The van der Waals surface area contributed by atoms with Gasteiger partial charge in [0.05, 0.1) is 5.41 Å². The van der Waals surface area contributed by atoms with Crippen molar-refractivity contribution in [1.29, 1.82) is 0 Å². The molecule has 0 radical (unpaired) electrons. The minimum Gasteiger partial charge on any atom is -0.301 e. The van der Waals surface area contributed by atoms with Crippen molar-refractivity contribution in [3.8, 4) is 0 Å². The molecule has 0 saturated heterocycles. The Kier molecular flexibility index (Phi) is 5.35. The van der Waals surface area contributed by atoms with Crippen molar-refractivity contribution in [1.82, 2.24) is 4.98 Å². The highest BCUT2D eigenvalue weighted by molar-refractivity contribution is 9.10. The third kappa shape index (κ3) is 3.99. The fourth-order valence-electron chi connectivity index (χ4n) is 3.00. The van der Waals surface area contributed by atoms with Crippen LogP contribution < -0.4 is 5.32 Å². The molecule has 0 saturated carbocycles. The van der Waals surface area contributed by atoms with Crippen molar-refractivity contribution >= 4 is 38.3 Å². The predicted molar refractivity (Wildman–Crippen MR) is 107 cm³/mol. The van der Waals surface area contributed by atoms with Crippen LogP contribution in [0.5, 0.6) is 0 Å². The average molecular weight is 415 g/mol. The number of carbonyl (C=O) groups excluding carboxylic acids is 1. The number of carbonyl (C=O) groups is 1. The molecule has 0 bridgehead atoms. The Hall–Kier alpha value is -1.98. The van der Waals surface area contributed by atoms with Crippen LogP contribution in [0, 0.1) is 5.41 Å². The van der Waals surface area contributed by atoms with Crippen molar-refractivity contribution in [2.24, 2.45) is 5.41 Å². The molecule has 0 aliphatic carbocycles. The van der Waals surface area contributed by atoms with Gasteiger partial charge in [-0.25, -0.2) is 4.98 Å². The summed E-state index contributed by atoms with van der Waals surface area (Å²) in [6, 6.07) is 18.3. The number of thiazole rings is 1. The molecule has 0 fully saturated rings. The number of benzene rings is 2. The summed E-state index contributed by atoms with van der Waals surface area (Å²) in [6.45, 7) is 3.96. The number of rotatable bonds is 5. The van der Waals surface area contributed by atoms with Crippen molar-refractivity contribution in [3.05, 3.63) is 81.8 Å². The van der Waals surface area contributed by atoms with Crippen molar-refractivity contribution in [2.45, 2.75) is 19.8 Å². The van der Waals surface area contributed by atoms with Crippen LogP contribution in [0.1, 0.15) is 30.9 Å². The van der Waals surface area contributed by atoms with Gasteiger partial charge >= 0.3 is 0 Å². The second-order valence-corrected chi connectivity index (χ2v) is 8.22. The van der Waals surface area contributed by atoms with Crippen LogP contribution in [0.15, 0.2) is 70.6 Å². The van der Waals surface area contributed by atoms with Gasteiger partial charge in [0.1, 0.15) is 0 Å². The summed E-state index contributed by atoms with van der Waals surface area (Å²) < 4.78 is 1.02. The van der Waals surface area contributed by atoms with E-state index in [0.717, 1.165) is 15.6 Å². The molecule has 3 aromatic rings. The molecule has 1 heterocycles. The number of halogens is 1. The molecule has 25 heavy (non-hydrogen) atoms. The zero-order valence-electron chi connectivity index (χ0n) is 14.1. The number of amides is 1. The van der Waals surface area contributed by atoms with Crippen LogP contribution >= 0.6 is 27.3 Å². The van der Waals surface area contributed by atoms with E-state index in [9.17, 15) is 4.79 Å². The summed E-state index contributed by atoms with van der Waals surface area (Å²) in [7, 11) is 0. The van der Waals surface area contributed by atoms with E-state index in [1.165, 1.54) is 11.3 Å². The average Bonchev–Trinajstić information content (AvgIpc) is 3.11. The van der Waals surface area contributed by atoms with Crippen LogP contribution in [0.2, 0.25) is 0 Å². The summed E-state index contributed by atoms with van der Waals surface area (Å²) in [5.74, 6) is -0.110. The molecular weight excluding hydrogens is 396 g/mol. The minimum atomic E-state index is -0.652. The van der Waals surface area contributed by atoms with Crippen molar-refractivity contribution < 1.29 is 4.79 Å². The maximum absolute atomic E-state index is 13.0. The molecule has 5 heteroatoms. The Labute approximate surface area is 160 Å². The van der Waals surface area contributed by atoms with Crippen LogP contribution in [-0.4, -0.2) is 10.9 Å². The summed E-state index contributed by atoms with van der Waals surface area (Å²) in [6.07, 6.45) is 1.69. The van der Waals surface area contributed by atoms with Crippen LogP contribution in [0.3, 0.4) is 0 Å². The third-order valence-electron chi connectivity index (χ3n) is 4.30. The van der Waals surface area contributed by atoms with Crippen LogP contribution in [0.25, 0.3) is 0 Å². The summed E-state index contributed by atoms with van der Waals surface area (Å²) >= 11 is 4.91. The van der Waals surface area contributed by atoms with Gasteiger partial charge in [0.15, 0.2) is 5.13 Å². The van der Waals surface area contributed by atoms with E-state index in [1.54, 1.807) is 6.20 Å². The highest BCUT2D eigenvalue weighted by Crippen LogP contribution is 2.42. The number of hydrogen-bond acceptors (Lipinski definition) is 3. The summed E-state index contributed by atoms with van der Waals surface area (Å²) in [5, 5.41) is 5.43. The largest absolute Gasteiger partial charge is 0.301 e. The normalized spacial score (nSPS) is 12.6. The summed E-state index contributed by atoms with van der Waals surface area (Å²) in [5.41, 5.74) is 1.57. The molecule has 0 aliphatic heterocycles. The second kappa shape index (κ2) is 7.50. The van der Waals surface area contributed by atoms with Gasteiger partial charge in [0.2, 0.25) is 5.91 Å². The molecule has 128 valence electrons. The van der Waals surface area contributed by atoms with Gasteiger partial charge in [-0.2, -0.15) is 0 Å². The standard InChI is InChI=1S/C20H19BrN2OS/c1-20(2,18(24)23-19-22-12-13-25-19)17(14-6-4-3-5-7-14)15-8-10-16(21)11-9-15/h3-13,17H,1-2H3,(H,22,23,24). The smallest absolute Gasteiger partial charge is 0.232 e. The molecule has 1 N–H and O–H groups in total. The van der Waals surface area contributed by atoms with E-state index in [0.29, 0.717) is 5.13 Å². The van der Waals surface area contributed by atoms with Gasteiger partial charge in [-0.05, 0) is 23.3 Å². The topological polar surface area (TPSA) is 42.0 Å². The first-order valence-corrected chi connectivity index (χ1v) is 9.67. The van der Waals surface area contributed by atoms with Crippen molar-refractivity contribution in [3.63, 3.8) is 0 Å². The quantitative estimate of drug-likeness (QED) is 0.581. The Morgan fingerprint density at radius 2 is 1.72 bits per heavy atom. The Morgan fingerprint density at radius 3 is 2.32 bits per heavy atom. The Balaban J connectivity index is 2.00. The summed E-state index contributed by atoms with van der Waals surface area (Å²) in [4.78, 5) is 17.2. The lowest BCUT2D eigenvalue weighted by Crippen LogP contribution is -2.37. The van der Waals surface area contributed by atoms with E-state index >= 15 is 0 Å². The van der Waals surface area contributed by atoms with Gasteiger partial charge in [-0.1, -0.05) is 72.2 Å². The second-order valence-electron chi connectivity index (χ2n) is 6.41. The maximum atomic E-state index is 13.0. The maximum Gasteiger partial charge on any atom is 0.232 e. The molecule has 3 nitrogen and oxygen atoms in total.